The molecule has 1 rings (SSSR count). The van der Waals surface area contributed by atoms with Crippen LogP contribution in [0.15, 0.2) is 35.5 Å². The number of carboxylic acids is 2. The average molecular weight is 325 g/mol. The van der Waals surface area contributed by atoms with Gasteiger partial charge in [-0.3, -0.25) is 4.79 Å². The van der Waals surface area contributed by atoms with Crippen molar-refractivity contribution in [3.05, 3.63) is 30.3 Å². The maximum Gasteiger partial charge on any atom is 0.490 e. The number of rotatable bonds is 2. The predicted molar refractivity (Wildman–Crippen MR) is 69.9 cm³/mol. The highest BCUT2D eigenvalue weighted by Crippen LogP contribution is 2.13. The first kappa shape index (κ1) is 21.3. The third kappa shape index (κ3) is 17.0. The zero-order chi connectivity index (χ0) is 17.8. The van der Waals surface area contributed by atoms with E-state index in [-0.39, 0.29) is 5.96 Å². The van der Waals surface area contributed by atoms with E-state index in [0.29, 0.717) is 5.75 Å². The molecule has 0 bridgehead atoms. The Balaban J connectivity index is 0. The van der Waals surface area contributed by atoms with Crippen molar-refractivity contribution < 1.29 is 37.8 Å². The molecule has 0 radical (unpaired) electrons. The Labute approximate surface area is 122 Å². The molecule has 0 aliphatic heterocycles. The number of carbonyl (C=O) groups is 2. The van der Waals surface area contributed by atoms with Crippen molar-refractivity contribution in [2.24, 2.45) is 16.6 Å². The monoisotopic (exact) mass is 325 g/mol. The van der Waals surface area contributed by atoms with Crippen LogP contribution in [0.25, 0.3) is 0 Å². The molecule has 0 aliphatic rings. The molecule has 0 spiro atoms. The quantitative estimate of drug-likeness (QED) is 0.360. The second-order valence-corrected chi connectivity index (χ2v) is 3.24. The number of guanidine groups is 1. The van der Waals surface area contributed by atoms with Crippen LogP contribution in [0.3, 0.4) is 0 Å². The Morgan fingerprint density at radius 3 is 1.77 bits per heavy atom. The van der Waals surface area contributed by atoms with Crippen molar-refractivity contribution in [2.75, 3.05) is 0 Å². The second-order valence-electron chi connectivity index (χ2n) is 3.24. The van der Waals surface area contributed by atoms with Crippen molar-refractivity contribution in [3.63, 3.8) is 0 Å². The Bertz CT molecular complexity index is 483. The molecule has 0 atom stereocenters. The standard InChI is InChI=1S/C7H9N3O.C2HF3O2.C2H4O2/c8-7(9)10-11-6-4-2-1-3-5-6;3-2(4,5)1(6)7;1-2(3)4/h1-5H,(H4,8,9,10);(H,6,7);1H3,(H,3,4). The van der Waals surface area contributed by atoms with E-state index >= 15 is 0 Å². The van der Waals surface area contributed by atoms with Gasteiger partial charge in [-0.25, -0.2) is 4.79 Å². The molecule has 11 heteroatoms. The van der Waals surface area contributed by atoms with Gasteiger partial charge in [-0.2, -0.15) is 13.2 Å². The first-order valence-electron chi connectivity index (χ1n) is 5.27. The van der Waals surface area contributed by atoms with Gasteiger partial charge in [0.25, 0.3) is 5.97 Å². The molecule has 22 heavy (non-hydrogen) atoms. The van der Waals surface area contributed by atoms with E-state index in [1.54, 1.807) is 12.1 Å². The summed E-state index contributed by atoms with van der Waals surface area (Å²) in [6, 6.07) is 9.05. The Kier molecular flexibility index (Phi) is 10.4. The summed E-state index contributed by atoms with van der Waals surface area (Å²) in [6.07, 6.45) is -5.08. The van der Waals surface area contributed by atoms with Crippen molar-refractivity contribution in [1.29, 1.82) is 0 Å². The molecule has 0 aliphatic carbocycles. The molecule has 1 aromatic rings. The number of oxime groups is 1. The highest BCUT2D eigenvalue weighted by molar-refractivity contribution is 5.75. The Hall–Kier alpha value is -2.98. The molecule has 6 N–H and O–H groups in total. The van der Waals surface area contributed by atoms with Crippen LogP contribution in [0.2, 0.25) is 0 Å². The zero-order valence-electron chi connectivity index (χ0n) is 11.2. The van der Waals surface area contributed by atoms with Gasteiger partial charge in [0.05, 0.1) is 0 Å². The molecular weight excluding hydrogens is 311 g/mol. The lowest BCUT2D eigenvalue weighted by Gasteiger charge is -1.95. The van der Waals surface area contributed by atoms with Gasteiger partial charge in [0.1, 0.15) is 0 Å². The van der Waals surface area contributed by atoms with Gasteiger partial charge in [-0.05, 0) is 17.3 Å². The van der Waals surface area contributed by atoms with Crippen molar-refractivity contribution in [1.82, 2.24) is 0 Å². The summed E-state index contributed by atoms with van der Waals surface area (Å²) in [7, 11) is 0. The SMILES string of the molecule is CC(=O)O.NC(N)=NOc1ccccc1.O=C(O)C(F)(F)F. The minimum atomic E-state index is -5.08. The molecule has 0 saturated heterocycles. The van der Waals surface area contributed by atoms with E-state index in [4.69, 9.17) is 36.1 Å². The van der Waals surface area contributed by atoms with Gasteiger partial charge in [-0.15, -0.1) is 0 Å². The summed E-state index contributed by atoms with van der Waals surface area (Å²) < 4.78 is 31.7. The number of aliphatic carboxylic acids is 2. The number of alkyl halides is 3. The minimum Gasteiger partial charge on any atom is -0.481 e. The first-order chi connectivity index (χ1) is 9.96. The normalized spacial score (nSPS) is 9.09. The number of hydrogen-bond acceptors (Lipinski definition) is 4. The highest BCUT2D eigenvalue weighted by atomic mass is 19.4. The Morgan fingerprint density at radius 2 is 1.50 bits per heavy atom. The van der Waals surface area contributed by atoms with Crippen LogP contribution in [0.1, 0.15) is 6.92 Å². The maximum absolute atomic E-state index is 10.6. The van der Waals surface area contributed by atoms with E-state index in [1.807, 2.05) is 18.2 Å². The molecule has 8 nitrogen and oxygen atoms in total. The van der Waals surface area contributed by atoms with Crippen molar-refractivity contribution in [3.8, 4) is 5.75 Å². The van der Waals surface area contributed by atoms with Gasteiger partial charge in [0, 0.05) is 6.92 Å². The summed E-state index contributed by atoms with van der Waals surface area (Å²) in [4.78, 5) is 22.7. The third-order valence-electron chi connectivity index (χ3n) is 1.24. The van der Waals surface area contributed by atoms with Crippen molar-refractivity contribution in [2.45, 2.75) is 13.1 Å². The topological polar surface area (TPSA) is 148 Å². The lowest BCUT2D eigenvalue weighted by molar-refractivity contribution is -0.192. The maximum atomic E-state index is 10.6. The lowest BCUT2D eigenvalue weighted by atomic mass is 10.3. The summed E-state index contributed by atoms with van der Waals surface area (Å²) in [5.41, 5.74) is 10.1. The van der Waals surface area contributed by atoms with E-state index < -0.39 is 18.1 Å². The largest absolute Gasteiger partial charge is 0.490 e. The smallest absolute Gasteiger partial charge is 0.481 e. The number of halogens is 3. The van der Waals surface area contributed by atoms with Crippen LogP contribution in [-0.2, 0) is 9.59 Å². The van der Waals surface area contributed by atoms with Crippen molar-refractivity contribution >= 4 is 17.9 Å². The fourth-order valence-electron chi connectivity index (χ4n) is 0.587. The number of nitrogens with zero attached hydrogens (tertiary/aromatic N) is 1. The number of hydrogen-bond donors (Lipinski definition) is 4. The fraction of sp³-hybridized carbons (Fsp3) is 0.182. The van der Waals surface area contributed by atoms with Crippen LogP contribution in [0.5, 0.6) is 5.75 Å². The number of carboxylic acid groups (broad SMARTS) is 2. The zero-order valence-corrected chi connectivity index (χ0v) is 11.2. The summed E-state index contributed by atoms with van der Waals surface area (Å²) in [5, 5.41) is 17.9. The molecule has 1 aromatic carbocycles. The second kappa shape index (κ2) is 10.8. The fourth-order valence-corrected chi connectivity index (χ4v) is 0.587. The summed E-state index contributed by atoms with van der Waals surface area (Å²) >= 11 is 0. The van der Waals surface area contributed by atoms with Gasteiger partial charge < -0.3 is 26.5 Å². The average Bonchev–Trinajstić information content (AvgIpc) is 2.36. The molecule has 0 unspecified atom stereocenters. The van der Waals surface area contributed by atoms with Crippen LogP contribution >= 0.6 is 0 Å². The van der Waals surface area contributed by atoms with E-state index in [1.165, 1.54) is 0 Å². The molecule has 0 heterocycles. The number of para-hydroxylation sites is 1. The van der Waals surface area contributed by atoms with Crippen LogP contribution in [-0.4, -0.2) is 34.3 Å². The predicted octanol–water partition coefficient (Wildman–Crippen LogP) is 0.978. The van der Waals surface area contributed by atoms with Gasteiger partial charge >= 0.3 is 12.1 Å². The van der Waals surface area contributed by atoms with Crippen LogP contribution < -0.4 is 16.3 Å². The first-order valence-corrected chi connectivity index (χ1v) is 5.27. The van der Waals surface area contributed by atoms with Gasteiger partial charge in [-0.1, -0.05) is 18.2 Å². The molecule has 0 fully saturated rings. The third-order valence-corrected chi connectivity index (χ3v) is 1.24. The van der Waals surface area contributed by atoms with E-state index in [0.717, 1.165) is 6.92 Å². The van der Waals surface area contributed by atoms with Gasteiger partial charge in [0.2, 0.25) is 5.96 Å². The van der Waals surface area contributed by atoms with Gasteiger partial charge in [0.15, 0.2) is 5.75 Å². The Morgan fingerprint density at radius 1 is 1.14 bits per heavy atom. The number of nitrogens with two attached hydrogens (primary N) is 2. The van der Waals surface area contributed by atoms with Crippen LogP contribution in [0.4, 0.5) is 13.2 Å². The molecule has 124 valence electrons. The lowest BCUT2D eigenvalue weighted by Crippen LogP contribution is -2.23. The summed E-state index contributed by atoms with van der Waals surface area (Å²) in [6.45, 7) is 1.08. The summed E-state index contributed by atoms with van der Waals surface area (Å²) in [5.74, 6) is -3.07. The molecule has 0 saturated carbocycles. The highest BCUT2D eigenvalue weighted by Gasteiger charge is 2.38. The minimum absolute atomic E-state index is 0.0890. The van der Waals surface area contributed by atoms with Crippen LogP contribution in [0, 0.1) is 0 Å². The number of benzene rings is 1. The molecular formula is C11H14F3N3O5. The molecule has 0 aromatic heterocycles. The van der Waals surface area contributed by atoms with E-state index in [9.17, 15) is 13.2 Å². The van der Waals surface area contributed by atoms with E-state index in [2.05, 4.69) is 5.16 Å². The molecule has 0 amide bonds.